The second-order valence-corrected chi connectivity index (χ2v) is 7.99. The first-order valence-electron chi connectivity index (χ1n) is 9.35. The van der Waals surface area contributed by atoms with E-state index in [0.29, 0.717) is 17.5 Å². The maximum Gasteiger partial charge on any atom is 0.325 e. The highest BCUT2D eigenvalue weighted by Crippen LogP contribution is 2.30. The van der Waals surface area contributed by atoms with Crippen LogP contribution in [0.1, 0.15) is 47.8 Å². The molecule has 0 saturated carbocycles. The highest BCUT2D eigenvalue weighted by atomic mass is 79.9. The number of aryl methyl sites for hydroxylation is 2. The molecule has 2 aromatic rings. The molecule has 0 radical (unpaired) electrons. The minimum Gasteiger partial charge on any atom is -0.319 e. The van der Waals surface area contributed by atoms with Crippen LogP contribution in [0, 0.1) is 0 Å². The first-order valence-corrected chi connectivity index (χ1v) is 10.1. The third-order valence-corrected chi connectivity index (χ3v) is 5.74. The molecule has 3 rings (SSSR count). The summed E-state index contributed by atoms with van der Waals surface area (Å²) in [7, 11) is 0. The van der Waals surface area contributed by atoms with Gasteiger partial charge in [-0.1, -0.05) is 54.0 Å². The number of rotatable bonds is 6. The summed E-state index contributed by atoms with van der Waals surface area (Å²) >= 11 is 3.39. The van der Waals surface area contributed by atoms with Crippen LogP contribution in [-0.2, 0) is 23.2 Å². The van der Waals surface area contributed by atoms with Gasteiger partial charge in [0.2, 0.25) is 0 Å². The number of nitrogens with one attached hydrogen (secondary N) is 1. The Bertz CT molecular complexity index is 957. The Morgan fingerprint density at radius 2 is 1.86 bits per heavy atom. The highest BCUT2D eigenvalue weighted by molar-refractivity contribution is 9.10. The van der Waals surface area contributed by atoms with E-state index in [9.17, 15) is 14.4 Å². The molecule has 1 aliphatic heterocycles. The van der Waals surface area contributed by atoms with Gasteiger partial charge in [-0.15, -0.1) is 0 Å². The Kier molecular flexibility index (Phi) is 5.70. The molecule has 5 nitrogen and oxygen atoms in total. The standard InChI is InChI=1S/C22H23BrN2O3/c1-4-14-9-10-15(5-2)18(11-14)19(26)13-25-20(27)22(3,24-21(25)28)16-7-6-8-17(23)12-16/h6-12H,4-5,13H2,1-3H3,(H,24,28). The van der Waals surface area contributed by atoms with Gasteiger partial charge in [-0.05, 0) is 54.7 Å². The predicted molar refractivity (Wildman–Crippen MR) is 111 cm³/mol. The molecule has 2 aromatic carbocycles. The van der Waals surface area contributed by atoms with Crippen molar-refractivity contribution in [1.29, 1.82) is 0 Å². The molecule has 1 atom stereocenters. The van der Waals surface area contributed by atoms with Crippen molar-refractivity contribution in [2.24, 2.45) is 0 Å². The van der Waals surface area contributed by atoms with Crippen LogP contribution in [0.25, 0.3) is 0 Å². The zero-order valence-corrected chi connectivity index (χ0v) is 17.8. The molecule has 1 saturated heterocycles. The van der Waals surface area contributed by atoms with Gasteiger partial charge < -0.3 is 5.32 Å². The first-order chi connectivity index (χ1) is 13.3. The van der Waals surface area contributed by atoms with E-state index in [-0.39, 0.29) is 12.3 Å². The molecule has 0 aromatic heterocycles. The monoisotopic (exact) mass is 442 g/mol. The molecular weight excluding hydrogens is 420 g/mol. The van der Waals surface area contributed by atoms with E-state index in [1.807, 2.05) is 44.2 Å². The molecule has 6 heteroatoms. The Balaban J connectivity index is 1.88. The van der Waals surface area contributed by atoms with Crippen molar-refractivity contribution in [1.82, 2.24) is 10.2 Å². The third kappa shape index (κ3) is 3.61. The lowest BCUT2D eigenvalue weighted by atomic mass is 9.92. The number of hydrogen-bond acceptors (Lipinski definition) is 3. The topological polar surface area (TPSA) is 66.5 Å². The fraction of sp³-hybridized carbons (Fsp3) is 0.318. The maximum atomic E-state index is 13.1. The molecule has 0 spiro atoms. The highest BCUT2D eigenvalue weighted by Gasteiger charge is 2.49. The van der Waals surface area contributed by atoms with Crippen LogP contribution >= 0.6 is 15.9 Å². The molecule has 0 bridgehead atoms. The number of halogens is 1. The van der Waals surface area contributed by atoms with Crippen LogP contribution in [-0.4, -0.2) is 29.2 Å². The molecule has 1 fully saturated rings. The van der Waals surface area contributed by atoms with E-state index in [1.165, 1.54) is 0 Å². The molecule has 146 valence electrons. The van der Waals surface area contributed by atoms with Crippen molar-refractivity contribution in [2.75, 3.05) is 6.54 Å². The number of urea groups is 1. The lowest BCUT2D eigenvalue weighted by molar-refractivity contribution is -0.130. The number of benzene rings is 2. The van der Waals surface area contributed by atoms with Crippen molar-refractivity contribution in [3.05, 3.63) is 69.2 Å². The fourth-order valence-electron chi connectivity index (χ4n) is 3.48. The Hall–Kier alpha value is -2.47. The quantitative estimate of drug-likeness (QED) is 0.537. The second kappa shape index (κ2) is 7.87. The number of amides is 3. The number of carbonyl (C=O) groups excluding carboxylic acids is 3. The van der Waals surface area contributed by atoms with Gasteiger partial charge in [0.05, 0.1) is 6.54 Å². The largest absolute Gasteiger partial charge is 0.325 e. The van der Waals surface area contributed by atoms with Gasteiger partial charge in [-0.2, -0.15) is 0 Å². The molecular formula is C22H23BrN2O3. The van der Waals surface area contributed by atoms with Gasteiger partial charge in [0, 0.05) is 10.0 Å². The smallest absolute Gasteiger partial charge is 0.319 e. The molecule has 1 aliphatic rings. The average molecular weight is 443 g/mol. The summed E-state index contributed by atoms with van der Waals surface area (Å²) in [5, 5.41) is 2.75. The zero-order valence-electron chi connectivity index (χ0n) is 16.2. The number of nitrogens with zero attached hydrogens (tertiary/aromatic N) is 1. The van der Waals surface area contributed by atoms with E-state index < -0.39 is 17.5 Å². The summed E-state index contributed by atoms with van der Waals surface area (Å²) in [6.07, 6.45) is 1.52. The van der Waals surface area contributed by atoms with Crippen LogP contribution in [0.3, 0.4) is 0 Å². The van der Waals surface area contributed by atoms with Gasteiger partial charge in [0.1, 0.15) is 5.54 Å². The minimum absolute atomic E-state index is 0.228. The summed E-state index contributed by atoms with van der Waals surface area (Å²) in [6, 6.07) is 12.5. The summed E-state index contributed by atoms with van der Waals surface area (Å²) in [5.41, 5.74) is 2.02. The van der Waals surface area contributed by atoms with Crippen LogP contribution in [0.15, 0.2) is 46.9 Å². The van der Waals surface area contributed by atoms with E-state index in [0.717, 1.165) is 26.9 Å². The molecule has 1 unspecified atom stereocenters. The van der Waals surface area contributed by atoms with Crippen molar-refractivity contribution in [3.8, 4) is 0 Å². The van der Waals surface area contributed by atoms with Gasteiger partial charge in [-0.25, -0.2) is 4.79 Å². The van der Waals surface area contributed by atoms with Gasteiger partial charge in [0.15, 0.2) is 5.78 Å². The Morgan fingerprint density at radius 1 is 1.11 bits per heavy atom. The Labute approximate surface area is 173 Å². The average Bonchev–Trinajstić information content (AvgIpc) is 2.91. The Morgan fingerprint density at radius 3 is 2.50 bits per heavy atom. The van der Waals surface area contributed by atoms with E-state index >= 15 is 0 Å². The van der Waals surface area contributed by atoms with Crippen molar-refractivity contribution in [3.63, 3.8) is 0 Å². The van der Waals surface area contributed by atoms with Gasteiger partial charge >= 0.3 is 6.03 Å². The SMILES string of the molecule is CCc1ccc(CC)c(C(=O)CN2C(=O)NC(C)(c3cccc(Br)c3)C2=O)c1. The van der Waals surface area contributed by atoms with Crippen LogP contribution in [0.2, 0.25) is 0 Å². The number of ketones is 1. The maximum absolute atomic E-state index is 13.1. The normalized spacial score (nSPS) is 19.1. The minimum atomic E-state index is -1.19. The summed E-state index contributed by atoms with van der Waals surface area (Å²) in [5.74, 6) is -0.650. The predicted octanol–water partition coefficient (Wildman–Crippen LogP) is 4.22. The second-order valence-electron chi connectivity index (χ2n) is 7.08. The lowest BCUT2D eigenvalue weighted by Crippen LogP contribution is -2.41. The molecule has 3 amide bonds. The van der Waals surface area contributed by atoms with Crippen LogP contribution in [0.4, 0.5) is 4.79 Å². The van der Waals surface area contributed by atoms with E-state index in [4.69, 9.17) is 0 Å². The lowest BCUT2D eigenvalue weighted by Gasteiger charge is -2.22. The number of hydrogen-bond donors (Lipinski definition) is 1. The molecule has 28 heavy (non-hydrogen) atoms. The van der Waals surface area contributed by atoms with E-state index in [1.54, 1.807) is 19.1 Å². The van der Waals surface area contributed by atoms with Crippen molar-refractivity contribution >= 4 is 33.7 Å². The fourth-order valence-corrected chi connectivity index (χ4v) is 3.88. The van der Waals surface area contributed by atoms with Crippen LogP contribution < -0.4 is 5.32 Å². The molecule has 1 N–H and O–H groups in total. The molecule has 1 heterocycles. The molecule has 0 aliphatic carbocycles. The van der Waals surface area contributed by atoms with Crippen molar-refractivity contribution in [2.45, 2.75) is 39.2 Å². The van der Waals surface area contributed by atoms with Crippen molar-refractivity contribution < 1.29 is 14.4 Å². The van der Waals surface area contributed by atoms with Crippen LogP contribution in [0.5, 0.6) is 0 Å². The van der Waals surface area contributed by atoms with Gasteiger partial charge in [0.25, 0.3) is 5.91 Å². The third-order valence-electron chi connectivity index (χ3n) is 5.24. The zero-order chi connectivity index (χ0) is 20.5. The summed E-state index contributed by atoms with van der Waals surface area (Å²) in [6.45, 7) is 5.40. The first kappa shape index (κ1) is 20.3. The van der Waals surface area contributed by atoms with E-state index in [2.05, 4.69) is 21.2 Å². The van der Waals surface area contributed by atoms with Gasteiger partial charge in [-0.3, -0.25) is 14.5 Å². The number of imide groups is 1. The summed E-state index contributed by atoms with van der Waals surface area (Å²) < 4.78 is 0.812. The number of carbonyl (C=O) groups is 3. The summed E-state index contributed by atoms with van der Waals surface area (Å²) in [4.78, 5) is 39.6. The number of Topliss-reactive ketones (excluding diaryl/α,β-unsaturated/α-hetero) is 1.